The van der Waals surface area contributed by atoms with Gasteiger partial charge in [0.05, 0.1) is 0 Å². The van der Waals surface area contributed by atoms with Crippen molar-refractivity contribution >= 4 is 28.8 Å². The molecule has 0 fully saturated rings. The second kappa shape index (κ2) is 4.62. The Bertz CT molecular complexity index is 342. The molecular weight excluding hydrogens is 218 g/mol. The topological polar surface area (TPSA) is 35.2 Å². The number of benzene rings is 1. The van der Waals surface area contributed by atoms with Crippen molar-refractivity contribution < 1.29 is 4.74 Å². The summed E-state index contributed by atoms with van der Waals surface area (Å²) in [6.07, 6.45) is 0. The van der Waals surface area contributed by atoms with E-state index in [1.807, 2.05) is 26.0 Å². The van der Waals surface area contributed by atoms with E-state index in [0.717, 1.165) is 21.9 Å². The van der Waals surface area contributed by atoms with Gasteiger partial charge in [0.15, 0.2) is 0 Å². The van der Waals surface area contributed by atoms with E-state index in [0.29, 0.717) is 4.99 Å². The highest BCUT2D eigenvalue weighted by molar-refractivity contribution is 7.80. The maximum absolute atomic E-state index is 6.01. The molecule has 4 heteroatoms. The van der Waals surface area contributed by atoms with Crippen molar-refractivity contribution in [3.05, 3.63) is 28.3 Å². The smallest absolute Gasteiger partial charge is 0.138 e. The molecule has 0 atom stereocenters. The molecule has 0 saturated carbocycles. The number of hydrogen-bond donors (Lipinski definition) is 1. The predicted octanol–water partition coefficient (Wildman–Crippen LogP) is 2.62. The minimum Gasteiger partial charge on any atom is -0.486 e. The molecular formula is C10H12ClNOS. The minimum absolute atomic E-state index is 0.260. The molecule has 0 amide bonds. The van der Waals surface area contributed by atoms with Crippen molar-refractivity contribution in [2.24, 2.45) is 5.73 Å². The van der Waals surface area contributed by atoms with Crippen molar-refractivity contribution in [2.45, 2.75) is 13.8 Å². The molecule has 2 N–H and O–H groups in total. The number of hydrogen-bond acceptors (Lipinski definition) is 2. The van der Waals surface area contributed by atoms with E-state index >= 15 is 0 Å². The zero-order chi connectivity index (χ0) is 10.7. The zero-order valence-electron chi connectivity index (χ0n) is 8.13. The van der Waals surface area contributed by atoms with Gasteiger partial charge in [-0.15, -0.1) is 0 Å². The normalized spacial score (nSPS) is 9.93. The Hall–Kier alpha value is -0.800. The highest BCUT2D eigenvalue weighted by Crippen LogP contribution is 2.25. The van der Waals surface area contributed by atoms with Gasteiger partial charge in [-0.1, -0.05) is 23.8 Å². The van der Waals surface area contributed by atoms with E-state index < -0.39 is 0 Å². The first kappa shape index (κ1) is 11.3. The number of aryl methyl sites for hydroxylation is 2. The number of halogens is 1. The second-order valence-electron chi connectivity index (χ2n) is 3.13. The van der Waals surface area contributed by atoms with Crippen LogP contribution in [-0.2, 0) is 0 Å². The van der Waals surface area contributed by atoms with Crippen molar-refractivity contribution in [2.75, 3.05) is 6.61 Å². The summed E-state index contributed by atoms with van der Waals surface area (Å²) in [5.74, 6) is 0.747. The fourth-order valence-electron chi connectivity index (χ4n) is 1.14. The third kappa shape index (κ3) is 2.86. The molecule has 0 unspecified atom stereocenters. The van der Waals surface area contributed by atoms with E-state index in [4.69, 9.17) is 34.3 Å². The summed E-state index contributed by atoms with van der Waals surface area (Å²) in [4.78, 5) is 0.343. The van der Waals surface area contributed by atoms with Crippen LogP contribution in [0.15, 0.2) is 12.1 Å². The lowest BCUT2D eigenvalue weighted by Crippen LogP contribution is -2.17. The Morgan fingerprint density at radius 2 is 1.93 bits per heavy atom. The van der Waals surface area contributed by atoms with E-state index in [2.05, 4.69) is 0 Å². The first-order chi connectivity index (χ1) is 6.50. The van der Waals surface area contributed by atoms with Gasteiger partial charge in [-0.25, -0.2) is 0 Å². The molecule has 1 rings (SSSR count). The third-order valence-corrected chi connectivity index (χ3v) is 2.51. The van der Waals surface area contributed by atoms with E-state index in [1.54, 1.807) is 0 Å². The van der Waals surface area contributed by atoms with E-state index in [1.165, 1.54) is 0 Å². The lowest BCUT2D eigenvalue weighted by molar-refractivity contribution is 0.377. The van der Waals surface area contributed by atoms with Crippen LogP contribution in [0.2, 0.25) is 5.02 Å². The molecule has 0 saturated heterocycles. The van der Waals surface area contributed by atoms with Gasteiger partial charge in [0.25, 0.3) is 0 Å². The zero-order valence-corrected chi connectivity index (χ0v) is 9.71. The molecule has 0 spiro atoms. The van der Waals surface area contributed by atoms with Crippen LogP contribution in [0.5, 0.6) is 5.75 Å². The Morgan fingerprint density at radius 3 is 2.36 bits per heavy atom. The highest BCUT2D eigenvalue weighted by atomic mass is 35.5. The summed E-state index contributed by atoms with van der Waals surface area (Å²) in [5.41, 5.74) is 7.31. The number of ether oxygens (including phenoxy) is 1. The molecule has 0 bridgehead atoms. The predicted molar refractivity (Wildman–Crippen MR) is 63.2 cm³/mol. The third-order valence-electron chi connectivity index (χ3n) is 1.79. The van der Waals surface area contributed by atoms with Crippen LogP contribution in [0.25, 0.3) is 0 Å². The van der Waals surface area contributed by atoms with Gasteiger partial charge in [0, 0.05) is 5.02 Å². The molecule has 1 aromatic carbocycles. The Morgan fingerprint density at radius 1 is 1.43 bits per heavy atom. The summed E-state index contributed by atoms with van der Waals surface area (Å²) in [5, 5.41) is 0.771. The molecule has 0 heterocycles. The molecule has 0 aliphatic carbocycles. The molecule has 0 aliphatic rings. The fraction of sp³-hybridized carbons (Fsp3) is 0.300. The van der Waals surface area contributed by atoms with Crippen molar-refractivity contribution in [1.82, 2.24) is 0 Å². The number of nitrogens with two attached hydrogens (primary N) is 1. The summed E-state index contributed by atoms with van der Waals surface area (Å²) in [6, 6.07) is 3.74. The standard InChI is InChI=1S/C10H12ClNOS/c1-6-3-8(13-5-9(12)14)4-7(2)10(6)11/h3-4H,5H2,1-2H3,(H2,12,14). The maximum Gasteiger partial charge on any atom is 0.138 e. The molecule has 0 aliphatic heterocycles. The lowest BCUT2D eigenvalue weighted by Gasteiger charge is -2.08. The lowest BCUT2D eigenvalue weighted by atomic mass is 10.1. The average molecular weight is 230 g/mol. The van der Waals surface area contributed by atoms with E-state index in [-0.39, 0.29) is 6.61 Å². The SMILES string of the molecule is Cc1cc(OCC(N)=S)cc(C)c1Cl. The van der Waals surface area contributed by atoms with Crippen LogP contribution in [0.4, 0.5) is 0 Å². The van der Waals surface area contributed by atoms with Gasteiger partial charge in [-0.2, -0.15) is 0 Å². The van der Waals surface area contributed by atoms with Crippen molar-refractivity contribution in [3.63, 3.8) is 0 Å². The van der Waals surface area contributed by atoms with E-state index in [9.17, 15) is 0 Å². The molecule has 0 aromatic heterocycles. The van der Waals surface area contributed by atoms with Gasteiger partial charge in [0.2, 0.25) is 0 Å². The van der Waals surface area contributed by atoms with Crippen LogP contribution in [-0.4, -0.2) is 11.6 Å². The maximum atomic E-state index is 6.01. The molecule has 0 radical (unpaired) electrons. The van der Waals surface area contributed by atoms with Crippen LogP contribution < -0.4 is 10.5 Å². The fourth-order valence-corrected chi connectivity index (χ4v) is 1.31. The van der Waals surface area contributed by atoms with Gasteiger partial charge >= 0.3 is 0 Å². The molecule has 14 heavy (non-hydrogen) atoms. The number of thiocarbonyl (C=S) groups is 1. The molecule has 2 nitrogen and oxygen atoms in total. The first-order valence-corrected chi connectivity index (χ1v) is 4.97. The van der Waals surface area contributed by atoms with Crippen molar-refractivity contribution in [1.29, 1.82) is 0 Å². The first-order valence-electron chi connectivity index (χ1n) is 4.18. The molecule has 76 valence electrons. The Labute approximate surface area is 94.0 Å². The van der Waals surface area contributed by atoms with Crippen LogP contribution in [0, 0.1) is 13.8 Å². The largest absolute Gasteiger partial charge is 0.486 e. The van der Waals surface area contributed by atoms with Gasteiger partial charge in [-0.3, -0.25) is 0 Å². The van der Waals surface area contributed by atoms with Crippen LogP contribution in [0.1, 0.15) is 11.1 Å². The van der Waals surface area contributed by atoms with Crippen LogP contribution in [0.3, 0.4) is 0 Å². The van der Waals surface area contributed by atoms with Crippen molar-refractivity contribution in [3.8, 4) is 5.75 Å². The minimum atomic E-state index is 0.260. The Kier molecular flexibility index (Phi) is 3.72. The van der Waals surface area contributed by atoms with Gasteiger partial charge in [-0.05, 0) is 37.1 Å². The highest BCUT2D eigenvalue weighted by Gasteiger charge is 2.03. The number of rotatable bonds is 3. The average Bonchev–Trinajstić information content (AvgIpc) is 2.10. The van der Waals surface area contributed by atoms with Gasteiger partial charge in [0.1, 0.15) is 17.3 Å². The second-order valence-corrected chi connectivity index (χ2v) is 4.03. The summed E-state index contributed by atoms with van der Waals surface area (Å²) < 4.78 is 5.36. The van der Waals surface area contributed by atoms with Crippen LogP contribution >= 0.6 is 23.8 Å². The monoisotopic (exact) mass is 229 g/mol. The Balaban J connectivity index is 2.84. The summed E-state index contributed by atoms with van der Waals surface area (Å²) in [6.45, 7) is 4.13. The quantitative estimate of drug-likeness (QED) is 0.810. The van der Waals surface area contributed by atoms with Gasteiger partial charge < -0.3 is 10.5 Å². The summed E-state index contributed by atoms with van der Waals surface area (Å²) >= 11 is 10.7. The molecule has 1 aromatic rings. The summed E-state index contributed by atoms with van der Waals surface area (Å²) in [7, 11) is 0.